The maximum absolute atomic E-state index is 13.6. The molecule has 2 aliphatic heterocycles. The minimum atomic E-state index is -0.390. The number of likely N-dealkylation sites (tertiary alicyclic amines) is 1. The zero-order valence-electron chi connectivity index (χ0n) is 19.1. The molecular formula is C28H28FN3O2. The first-order valence-corrected chi connectivity index (χ1v) is 11.9. The predicted octanol–water partition coefficient (Wildman–Crippen LogP) is 5.27. The van der Waals surface area contributed by atoms with Gasteiger partial charge in [-0.05, 0) is 79.3 Å². The van der Waals surface area contributed by atoms with Crippen LogP contribution in [-0.2, 0) is 13.0 Å². The van der Waals surface area contributed by atoms with E-state index in [2.05, 4.69) is 34.5 Å². The van der Waals surface area contributed by atoms with E-state index in [1.165, 1.54) is 35.4 Å². The number of carbonyl (C=O) groups is 2. The highest BCUT2D eigenvalue weighted by Gasteiger charge is 2.26. The number of halogens is 1. The second kappa shape index (κ2) is 9.67. The van der Waals surface area contributed by atoms with Crippen LogP contribution in [0.15, 0.2) is 66.7 Å². The summed E-state index contributed by atoms with van der Waals surface area (Å²) < 4.78 is 13.2. The first-order chi connectivity index (χ1) is 16.6. The number of nitrogens with one attached hydrogen (secondary N) is 1. The number of nitrogens with zero attached hydrogens (tertiary/aromatic N) is 2. The van der Waals surface area contributed by atoms with Crippen LogP contribution in [0.2, 0.25) is 0 Å². The minimum Gasteiger partial charge on any atom is -0.366 e. The zero-order valence-corrected chi connectivity index (χ0v) is 19.1. The number of benzene rings is 3. The van der Waals surface area contributed by atoms with Gasteiger partial charge in [0.05, 0.1) is 5.56 Å². The Morgan fingerprint density at radius 1 is 0.824 bits per heavy atom. The van der Waals surface area contributed by atoms with Crippen LogP contribution in [0, 0.1) is 5.82 Å². The smallest absolute Gasteiger partial charge is 0.256 e. The van der Waals surface area contributed by atoms with Crippen LogP contribution in [-0.4, -0.2) is 36.3 Å². The van der Waals surface area contributed by atoms with E-state index in [0.29, 0.717) is 16.8 Å². The largest absolute Gasteiger partial charge is 0.366 e. The van der Waals surface area contributed by atoms with Crippen LogP contribution in [0.5, 0.6) is 0 Å². The molecular weight excluding hydrogens is 429 g/mol. The lowest BCUT2D eigenvalue weighted by Crippen LogP contribution is -2.38. The zero-order chi connectivity index (χ0) is 23.5. The Kier molecular flexibility index (Phi) is 6.30. The van der Waals surface area contributed by atoms with Crippen molar-refractivity contribution < 1.29 is 14.0 Å². The third-order valence-electron chi connectivity index (χ3n) is 6.71. The summed E-state index contributed by atoms with van der Waals surface area (Å²) in [4.78, 5) is 30.5. The summed E-state index contributed by atoms with van der Waals surface area (Å²) in [7, 11) is 0. The number of amides is 2. The number of anilines is 2. The molecule has 0 aliphatic carbocycles. The average molecular weight is 458 g/mol. The van der Waals surface area contributed by atoms with Crippen molar-refractivity contribution in [1.82, 2.24) is 4.90 Å². The number of rotatable bonds is 4. The van der Waals surface area contributed by atoms with Crippen molar-refractivity contribution in [3.8, 4) is 0 Å². The van der Waals surface area contributed by atoms with Crippen molar-refractivity contribution in [2.24, 2.45) is 0 Å². The van der Waals surface area contributed by atoms with Gasteiger partial charge in [0.1, 0.15) is 5.82 Å². The molecule has 2 aliphatic rings. The normalized spacial score (nSPS) is 15.6. The molecule has 1 fully saturated rings. The predicted molar refractivity (Wildman–Crippen MR) is 132 cm³/mol. The van der Waals surface area contributed by atoms with Crippen molar-refractivity contribution in [3.63, 3.8) is 0 Å². The molecule has 0 spiro atoms. The fraction of sp³-hybridized carbons (Fsp3) is 0.286. The minimum absolute atomic E-state index is 0.00596. The molecule has 0 unspecified atom stereocenters. The Morgan fingerprint density at radius 3 is 2.32 bits per heavy atom. The molecule has 0 aromatic heterocycles. The Morgan fingerprint density at radius 2 is 1.56 bits per heavy atom. The van der Waals surface area contributed by atoms with Gasteiger partial charge in [-0.15, -0.1) is 0 Å². The molecule has 3 aromatic carbocycles. The lowest BCUT2D eigenvalue weighted by molar-refractivity contribution is 0.0724. The molecule has 5 nitrogen and oxygen atoms in total. The molecule has 1 N–H and O–H groups in total. The molecule has 0 radical (unpaired) electrons. The van der Waals surface area contributed by atoms with Crippen LogP contribution < -0.4 is 10.2 Å². The molecule has 6 heteroatoms. The van der Waals surface area contributed by atoms with Gasteiger partial charge in [0.15, 0.2) is 0 Å². The van der Waals surface area contributed by atoms with Gasteiger partial charge >= 0.3 is 0 Å². The van der Waals surface area contributed by atoms with Crippen molar-refractivity contribution in [1.29, 1.82) is 0 Å². The van der Waals surface area contributed by atoms with Crippen molar-refractivity contribution >= 4 is 23.2 Å². The van der Waals surface area contributed by atoms with Crippen LogP contribution in [0.3, 0.4) is 0 Å². The van der Waals surface area contributed by atoms with Gasteiger partial charge in [-0.1, -0.05) is 24.3 Å². The fourth-order valence-corrected chi connectivity index (χ4v) is 4.83. The summed E-state index contributed by atoms with van der Waals surface area (Å²) >= 11 is 0. The van der Waals surface area contributed by atoms with Gasteiger partial charge in [0, 0.05) is 43.1 Å². The van der Waals surface area contributed by atoms with Gasteiger partial charge in [0.2, 0.25) is 0 Å². The summed E-state index contributed by atoms with van der Waals surface area (Å²) in [5.41, 5.74) is 5.05. The highest BCUT2D eigenvalue weighted by Crippen LogP contribution is 2.31. The second-order valence-electron chi connectivity index (χ2n) is 8.99. The highest BCUT2D eigenvalue weighted by molar-refractivity contribution is 6.06. The molecule has 2 heterocycles. The Bertz CT molecular complexity index is 1200. The van der Waals surface area contributed by atoms with Gasteiger partial charge in [0.25, 0.3) is 11.8 Å². The number of fused-ring (bicyclic) bond motifs is 1. The van der Waals surface area contributed by atoms with E-state index in [1.807, 2.05) is 17.0 Å². The van der Waals surface area contributed by atoms with E-state index in [9.17, 15) is 14.0 Å². The molecule has 2 amide bonds. The van der Waals surface area contributed by atoms with Crippen LogP contribution in [0.4, 0.5) is 15.8 Å². The first-order valence-electron chi connectivity index (χ1n) is 11.9. The van der Waals surface area contributed by atoms with Gasteiger partial charge in [-0.3, -0.25) is 9.59 Å². The number of carbonyl (C=O) groups excluding carboxylic acids is 2. The Hall–Kier alpha value is -3.67. The third kappa shape index (κ3) is 4.67. The lowest BCUT2D eigenvalue weighted by Gasteiger charge is -2.34. The SMILES string of the molecule is O=C(Nc1ccc(N2CCc3ccccc3C2)c(C(=O)N2CCCCC2)c1)c1ccc(F)cc1. The summed E-state index contributed by atoms with van der Waals surface area (Å²) in [5.74, 6) is -0.721. The van der Waals surface area contributed by atoms with Crippen molar-refractivity contribution in [2.75, 3.05) is 29.9 Å². The van der Waals surface area contributed by atoms with Gasteiger partial charge in [-0.25, -0.2) is 4.39 Å². The van der Waals surface area contributed by atoms with E-state index in [4.69, 9.17) is 0 Å². The standard InChI is InChI=1S/C28H28FN3O2/c29-23-10-8-21(9-11-23)27(33)30-24-12-13-26(25(18-24)28(34)31-15-4-1-5-16-31)32-17-14-20-6-2-3-7-22(20)19-32/h2-3,6-13,18H,1,4-5,14-17,19H2,(H,30,33). The number of hydrogen-bond donors (Lipinski definition) is 1. The van der Waals surface area contributed by atoms with Gasteiger partial charge in [-0.2, -0.15) is 0 Å². The molecule has 0 bridgehead atoms. The molecule has 0 atom stereocenters. The van der Waals surface area contributed by atoms with Gasteiger partial charge < -0.3 is 15.1 Å². The first kappa shape index (κ1) is 22.1. The van der Waals surface area contributed by atoms with E-state index >= 15 is 0 Å². The molecule has 0 saturated carbocycles. The van der Waals surface area contributed by atoms with Crippen molar-refractivity contribution in [2.45, 2.75) is 32.2 Å². The molecule has 34 heavy (non-hydrogen) atoms. The summed E-state index contributed by atoms with van der Waals surface area (Å²) in [6.45, 7) is 3.09. The lowest BCUT2D eigenvalue weighted by atomic mass is 9.98. The van der Waals surface area contributed by atoms with E-state index in [0.717, 1.165) is 57.5 Å². The summed E-state index contributed by atoms with van der Waals surface area (Å²) in [5, 5.41) is 2.87. The Labute approximate surface area is 199 Å². The maximum atomic E-state index is 13.6. The highest BCUT2D eigenvalue weighted by atomic mass is 19.1. The topological polar surface area (TPSA) is 52.7 Å². The van der Waals surface area contributed by atoms with Crippen LogP contribution >= 0.6 is 0 Å². The fourth-order valence-electron chi connectivity index (χ4n) is 4.83. The van der Waals surface area contributed by atoms with Crippen LogP contribution in [0.1, 0.15) is 51.1 Å². The van der Waals surface area contributed by atoms with E-state index in [-0.39, 0.29) is 11.8 Å². The van der Waals surface area contributed by atoms with E-state index < -0.39 is 5.82 Å². The van der Waals surface area contributed by atoms with Crippen molar-refractivity contribution in [3.05, 3.63) is 94.8 Å². The molecule has 3 aromatic rings. The average Bonchev–Trinajstić information content (AvgIpc) is 2.89. The number of piperidine rings is 1. The summed E-state index contributed by atoms with van der Waals surface area (Å²) in [6.07, 6.45) is 4.10. The molecule has 1 saturated heterocycles. The van der Waals surface area contributed by atoms with E-state index in [1.54, 1.807) is 6.07 Å². The molecule has 174 valence electrons. The maximum Gasteiger partial charge on any atom is 0.256 e. The summed E-state index contributed by atoms with van der Waals surface area (Å²) in [6, 6.07) is 19.4. The monoisotopic (exact) mass is 457 g/mol. The van der Waals surface area contributed by atoms with Crippen LogP contribution in [0.25, 0.3) is 0 Å². The molecule has 5 rings (SSSR count). The third-order valence-corrected chi connectivity index (χ3v) is 6.71. The number of hydrogen-bond acceptors (Lipinski definition) is 3. The Balaban J connectivity index is 1.45. The second-order valence-corrected chi connectivity index (χ2v) is 8.99. The quantitative estimate of drug-likeness (QED) is 0.581.